The van der Waals surface area contributed by atoms with Crippen molar-refractivity contribution in [2.75, 3.05) is 29.2 Å². The number of ether oxygens (including phenoxy) is 1. The van der Waals surface area contributed by atoms with Crippen molar-refractivity contribution < 1.29 is 18.3 Å². The summed E-state index contributed by atoms with van der Waals surface area (Å²) in [6.45, 7) is 6.92. The van der Waals surface area contributed by atoms with Crippen molar-refractivity contribution in [2.45, 2.75) is 58.5 Å². The number of anilines is 3. The summed E-state index contributed by atoms with van der Waals surface area (Å²) in [5.74, 6) is -0.952. The lowest BCUT2D eigenvalue weighted by Gasteiger charge is -2.23. The highest BCUT2D eigenvalue weighted by Gasteiger charge is 2.20. The zero-order chi connectivity index (χ0) is 24.2. The molecular formula is C23H29F2N7O2. The Morgan fingerprint density at radius 2 is 1.91 bits per heavy atom. The second-order valence-corrected chi connectivity index (χ2v) is 8.57. The summed E-state index contributed by atoms with van der Waals surface area (Å²) >= 11 is 0. The first-order valence-electron chi connectivity index (χ1n) is 11.5. The maximum absolute atomic E-state index is 14.7. The van der Waals surface area contributed by atoms with Gasteiger partial charge in [0.05, 0.1) is 6.20 Å². The number of rotatable bonds is 8. The smallest absolute Gasteiger partial charge is 0.229 e. The predicted molar refractivity (Wildman–Crippen MR) is 125 cm³/mol. The summed E-state index contributed by atoms with van der Waals surface area (Å²) in [5, 5.41) is 13.2. The molecule has 4 rings (SSSR count). The number of halogens is 2. The number of hydrogen-bond donors (Lipinski definition) is 3. The highest BCUT2D eigenvalue weighted by atomic mass is 19.1. The molecule has 34 heavy (non-hydrogen) atoms. The van der Waals surface area contributed by atoms with Crippen molar-refractivity contribution in [3.8, 4) is 0 Å². The van der Waals surface area contributed by atoms with E-state index in [2.05, 4.69) is 31.0 Å². The minimum Gasteiger partial charge on any atom is -0.381 e. The van der Waals surface area contributed by atoms with Crippen LogP contribution in [0.3, 0.4) is 0 Å². The van der Waals surface area contributed by atoms with Gasteiger partial charge in [-0.1, -0.05) is 20.8 Å². The molecular weight excluding hydrogens is 444 g/mol. The van der Waals surface area contributed by atoms with Gasteiger partial charge in [-0.2, -0.15) is 19.6 Å². The van der Waals surface area contributed by atoms with E-state index in [0.29, 0.717) is 30.8 Å². The van der Waals surface area contributed by atoms with Crippen LogP contribution in [-0.2, 0) is 16.1 Å². The van der Waals surface area contributed by atoms with E-state index in [1.807, 2.05) is 13.8 Å². The molecule has 182 valence electrons. The highest BCUT2D eigenvalue weighted by molar-refractivity contribution is 5.90. The summed E-state index contributed by atoms with van der Waals surface area (Å²) in [7, 11) is 0. The zero-order valence-electron chi connectivity index (χ0n) is 19.5. The van der Waals surface area contributed by atoms with E-state index < -0.39 is 11.6 Å². The van der Waals surface area contributed by atoms with Crippen LogP contribution in [0.4, 0.5) is 26.4 Å². The maximum atomic E-state index is 14.7. The van der Waals surface area contributed by atoms with E-state index in [-0.39, 0.29) is 42.1 Å². The highest BCUT2D eigenvalue weighted by Crippen LogP contribution is 2.24. The van der Waals surface area contributed by atoms with Crippen LogP contribution in [-0.4, -0.2) is 44.7 Å². The summed E-state index contributed by atoms with van der Waals surface area (Å²) in [5.41, 5.74) is 1.47. The van der Waals surface area contributed by atoms with E-state index in [0.717, 1.165) is 30.5 Å². The minimum absolute atomic E-state index is 0.0756. The van der Waals surface area contributed by atoms with Gasteiger partial charge >= 0.3 is 0 Å². The molecule has 3 aromatic rings. The van der Waals surface area contributed by atoms with Gasteiger partial charge in [0.15, 0.2) is 5.65 Å². The van der Waals surface area contributed by atoms with Gasteiger partial charge in [0.2, 0.25) is 17.8 Å². The summed E-state index contributed by atoms with van der Waals surface area (Å²) in [6, 6.07) is 2.38. The first kappa shape index (κ1) is 23.8. The quantitative estimate of drug-likeness (QED) is 0.453. The zero-order valence-corrected chi connectivity index (χ0v) is 19.5. The topological polar surface area (TPSA) is 105 Å². The first-order chi connectivity index (χ1) is 16.4. The van der Waals surface area contributed by atoms with Crippen LogP contribution < -0.4 is 16.0 Å². The van der Waals surface area contributed by atoms with Gasteiger partial charge in [-0.05, 0) is 30.9 Å². The van der Waals surface area contributed by atoms with Crippen LogP contribution in [0.5, 0.6) is 0 Å². The number of nitrogens with one attached hydrogen (secondary N) is 3. The Kier molecular flexibility index (Phi) is 7.20. The molecule has 1 aromatic carbocycles. The van der Waals surface area contributed by atoms with Crippen molar-refractivity contribution >= 4 is 29.1 Å². The summed E-state index contributed by atoms with van der Waals surface area (Å²) < 4.78 is 36.3. The molecule has 0 unspecified atom stereocenters. The summed E-state index contributed by atoms with van der Waals surface area (Å²) in [6.07, 6.45) is 3.61. The van der Waals surface area contributed by atoms with Gasteiger partial charge in [-0.3, -0.25) is 4.79 Å². The van der Waals surface area contributed by atoms with Gasteiger partial charge in [0, 0.05) is 49.0 Å². The van der Waals surface area contributed by atoms with E-state index >= 15 is 0 Å². The third-order valence-corrected chi connectivity index (χ3v) is 5.74. The molecule has 11 heteroatoms. The molecule has 1 saturated heterocycles. The number of nitrogens with zero attached hydrogens (tertiary/aromatic N) is 4. The lowest BCUT2D eigenvalue weighted by atomic mass is 10.1. The van der Waals surface area contributed by atoms with Crippen LogP contribution in [0, 0.1) is 11.6 Å². The summed E-state index contributed by atoms with van der Waals surface area (Å²) in [4.78, 5) is 20.7. The molecule has 9 nitrogen and oxygen atoms in total. The van der Waals surface area contributed by atoms with E-state index in [4.69, 9.17) is 4.74 Å². The number of amides is 1. The van der Waals surface area contributed by atoms with Gasteiger partial charge in [0.25, 0.3) is 0 Å². The third-order valence-electron chi connectivity index (χ3n) is 5.74. The Morgan fingerprint density at radius 1 is 1.21 bits per heavy atom. The Hall–Kier alpha value is -3.34. The van der Waals surface area contributed by atoms with Crippen LogP contribution in [0.2, 0.25) is 0 Å². The van der Waals surface area contributed by atoms with Crippen molar-refractivity contribution in [2.24, 2.45) is 0 Å². The molecule has 3 heterocycles. The third kappa shape index (κ3) is 5.24. The second kappa shape index (κ2) is 10.3. The number of aromatic nitrogens is 4. The largest absolute Gasteiger partial charge is 0.381 e. The van der Waals surface area contributed by atoms with E-state index in [9.17, 15) is 13.6 Å². The normalized spacial score (nSPS) is 14.5. The molecule has 0 aliphatic carbocycles. The van der Waals surface area contributed by atoms with Crippen LogP contribution in [0.1, 0.15) is 57.1 Å². The van der Waals surface area contributed by atoms with Gasteiger partial charge in [-0.15, -0.1) is 0 Å². The number of hydrogen-bond acceptors (Lipinski definition) is 7. The number of benzene rings is 1. The Bertz CT molecular complexity index is 1150. The molecule has 0 bridgehead atoms. The molecule has 3 N–H and O–H groups in total. The molecule has 1 fully saturated rings. The fourth-order valence-electron chi connectivity index (χ4n) is 3.77. The van der Waals surface area contributed by atoms with E-state index in [1.165, 1.54) is 4.52 Å². The molecule has 0 saturated carbocycles. The Morgan fingerprint density at radius 3 is 2.56 bits per heavy atom. The molecule has 1 amide bonds. The number of carbonyl (C=O) groups is 1. The van der Waals surface area contributed by atoms with Crippen molar-refractivity contribution in [3.05, 3.63) is 41.1 Å². The minimum atomic E-state index is -0.770. The average Bonchev–Trinajstić information content (AvgIpc) is 3.23. The van der Waals surface area contributed by atoms with Gasteiger partial charge in [-0.25, -0.2) is 8.78 Å². The van der Waals surface area contributed by atoms with E-state index in [1.54, 1.807) is 13.1 Å². The maximum Gasteiger partial charge on any atom is 0.229 e. The fourth-order valence-corrected chi connectivity index (χ4v) is 3.77. The van der Waals surface area contributed by atoms with Gasteiger partial charge < -0.3 is 20.7 Å². The van der Waals surface area contributed by atoms with Crippen molar-refractivity contribution in [1.29, 1.82) is 0 Å². The molecule has 0 radical (unpaired) electrons. The lowest BCUT2D eigenvalue weighted by molar-refractivity contribution is -0.115. The van der Waals surface area contributed by atoms with Crippen molar-refractivity contribution in [3.63, 3.8) is 0 Å². The van der Waals surface area contributed by atoms with Crippen LogP contribution in [0.15, 0.2) is 18.3 Å². The second-order valence-electron chi connectivity index (χ2n) is 8.57. The monoisotopic (exact) mass is 473 g/mol. The standard InChI is InChI=1S/C23H29F2N7O2/c1-4-20(33)28-15-9-18(24)17(19(25)10-15)11-26-23-31-22(29-14-5-7-34-8-6-14)30-21-16(13(2)3)12-27-32(21)23/h9-10,12-14H,4-8,11H2,1-3H3,(H,28,33)(H2,26,29,30,31). The molecule has 0 spiro atoms. The van der Waals surface area contributed by atoms with Crippen molar-refractivity contribution in [1.82, 2.24) is 19.6 Å². The predicted octanol–water partition coefficient (Wildman–Crippen LogP) is 4.08. The molecule has 2 aromatic heterocycles. The fraction of sp³-hybridized carbons (Fsp3) is 0.478. The van der Waals surface area contributed by atoms with Gasteiger partial charge in [0.1, 0.15) is 11.6 Å². The average molecular weight is 474 g/mol. The SMILES string of the molecule is CCC(=O)Nc1cc(F)c(CNc2nc(NC3CCOCC3)nc3c(C(C)C)cnn23)c(F)c1. The van der Waals surface area contributed by atoms with Crippen LogP contribution in [0.25, 0.3) is 5.65 Å². The molecule has 0 atom stereocenters. The molecule has 1 aliphatic heterocycles. The number of fused-ring (bicyclic) bond motifs is 1. The molecule has 1 aliphatic rings. The lowest BCUT2D eigenvalue weighted by Crippen LogP contribution is -2.29. The van der Waals surface area contributed by atoms with Crippen LogP contribution >= 0.6 is 0 Å². The Labute approximate surface area is 196 Å². The number of carbonyl (C=O) groups excluding carboxylic acids is 1. The first-order valence-corrected chi connectivity index (χ1v) is 11.5. The Balaban J connectivity index is 1.61.